The number of rotatable bonds is 18. The summed E-state index contributed by atoms with van der Waals surface area (Å²) in [5.41, 5.74) is 2.29. The van der Waals surface area contributed by atoms with Crippen molar-refractivity contribution in [3.63, 3.8) is 0 Å². The molecule has 1 atom stereocenters. The second kappa shape index (κ2) is 16.6. The summed E-state index contributed by atoms with van der Waals surface area (Å²) in [6, 6.07) is 22.7. The van der Waals surface area contributed by atoms with E-state index in [1.165, 1.54) is 12.1 Å². The van der Waals surface area contributed by atoms with Gasteiger partial charge in [-0.25, -0.2) is 13.2 Å². The predicted molar refractivity (Wildman–Crippen MR) is 194 cm³/mol. The van der Waals surface area contributed by atoms with Gasteiger partial charge in [-0.3, -0.25) is 9.62 Å². The highest BCUT2D eigenvalue weighted by Gasteiger charge is 2.21. The molecule has 0 amide bonds. The average molecular weight is 677 g/mol. The third kappa shape index (κ3) is 10.9. The Labute approximate surface area is 286 Å². The van der Waals surface area contributed by atoms with Crippen LogP contribution in [-0.2, 0) is 21.3 Å². The molecule has 0 spiro atoms. The van der Waals surface area contributed by atoms with E-state index in [-0.39, 0.29) is 16.4 Å². The zero-order valence-electron chi connectivity index (χ0n) is 29.1. The molecule has 48 heavy (non-hydrogen) atoms. The quantitative estimate of drug-likeness (QED) is 0.101. The molecule has 0 saturated carbocycles. The molecule has 0 aliphatic carbocycles. The minimum absolute atomic E-state index is 0.175. The molecule has 0 aliphatic heterocycles. The van der Waals surface area contributed by atoms with E-state index in [0.29, 0.717) is 41.8 Å². The highest BCUT2D eigenvalue weighted by molar-refractivity contribution is 7.92. The van der Waals surface area contributed by atoms with Crippen LogP contribution in [-0.4, -0.2) is 67.3 Å². The van der Waals surface area contributed by atoms with Crippen LogP contribution in [0.15, 0.2) is 90.0 Å². The monoisotopic (exact) mass is 676 g/mol. The minimum Gasteiger partial charge on any atom is -0.461 e. The summed E-state index contributed by atoms with van der Waals surface area (Å²) in [6.07, 6.45) is 1.99. The second-order valence-corrected chi connectivity index (χ2v) is 15.7. The molecule has 260 valence electrons. The Morgan fingerprint density at radius 2 is 1.65 bits per heavy atom. The number of anilines is 1. The molecule has 4 rings (SSSR count). The summed E-state index contributed by atoms with van der Waals surface area (Å²) in [5.74, 6) is 0.807. The van der Waals surface area contributed by atoms with Gasteiger partial charge < -0.3 is 19.7 Å². The van der Waals surface area contributed by atoms with Crippen molar-refractivity contribution in [1.82, 2.24) is 14.8 Å². The number of esters is 1. The van der Waals surface area contributed by atoms with Crippen LogP contribution in [0.2, 0.25) is 0 Å². The molecule has 9 nitrogen and oxygen atoms in total. The van der Waals surface area contributed by atoms with Crippen LogP contribution in [0.3, 0.4) is 0 Å². The van der Waals surface area contributed by atoms with E-state index in [1.807, 2.05) is 30.5 Å². The lowest BCUT2D eigenvalue weighted by Gasteiger charge is -2.28. The molecule has 10 heteroatoms. The summed E-state index contributed by atoms with van der Waals surface area (Å²) in [4.78, 5) is 15.4. The molecule has 0 unspecified atom stereocenters. The number of aliphatic hydroxyl groups is 1. The van der Waals surface area contributed by atoms with Crippen LogP contribution in [0, 0.1) is 11.8 Å². The summed E-state index contributed by atoms with van der Waals surface area (Å²) in [6.45, 7) is 17.1. The number of aryl methyl sites for hydroxylation is 1. The smallest absolute Gasteiger partial charge is 0.338 e. The zero-order valence-corrected chi connectivity index (χ0v) is 30.0. The van der Waals surface area contributed by atoms with Gasteiger partial charge in [0, 0.05) is 61.0 Å². The topological polar surface area (TPSA) is 113 Å². The largest absolute Gasteiger partial charge is 0.461 e. The number of hydrogen-bond acceptors (Lipinski definition) is 7. The van der Waals surface area contributed by atoms with Crippen LogP contribution >= 0.6 is 0 Å². The number of nitrogens with zero attached hydrogens (tertiary/aromatic N) is 2. The molecule has 0 radical (unpaired) electrons. The Hall–Kier alpha value is -3.70. The number of nitrogens with one attached hydrogen (secondary N) is 2. The molecule has 0 aliphatic rings. The normalized spacial score (nSPS) is 13.0. The Morgan fingerprint density at radius 1 is 0.938 bits per heavy atom. The first-order valence-electron chi connectivity index (χ1n) is 16.8. The van der Waals surface area contributed by atoms with Gasteiger partial charge in [-0.2, -0.15) is 0 Å². The van der Waals surface area contributed by atoms with E-state index in [2.05, 4.69) is 61.0 Å². The van der Waals surface area contributed by atoms with Gasteiger partial charge in [0.1, 0.15) is 6.61 Å². The first-order chi connectivity index (χ1) is 22.7. The lowest BCUT2D eigenvalue weighted by atomic mass is 9.99. The Balaban J connectivity index is 1.28. The summed E-state index contributed by atoms with van der Waals surface area (Å²) in [7, 11) is -3.73. The number of aliphatic hydroxyl groups excluding tert-OH is 1. The van der Waals surface area contributed by atoms with Gasteiger partial charge in [-0.05, 0) is 86.2 Å². The molecule has 0 fully saturated rings. The number of aromatic nitrogens is 1. The molecular weight excluding hydrogens is 625 g/mol. The van der Waals surface area contributed by atoms with Crippen molar-refractivity contribution in [2.24, 2.45) is 11.8 Å². The van der Waals surface area contributed by atoms with Crippen LogP contribution in [0.5, 0.6) is 0 Å². The third-order valence-electron chi connectivity index (χ3n) is 8.22. The van der Waals surface area contributed by atoms with E-state index in [4.69, 9.17) is 4.74 Å². The van der Waals surface area contributed by atoms with E-state index in [1.54, 1.807) is 42.5 Å². The fourth-order valence-corrected chi connectivity index (χ4v) is 6.84. The molecule has 1 aromatic heterocycles. The maximum atomic E-state index is 12.8. The van der Waals surface area contributed by atoms with Crippen LogP contribution in [0.1, 0.15) is 70.0 Å². The highest BCUT2D eigenvalue weighted by atomic mass is 32.2. The Kier molecular flexibility index (Phi) is 12.8. The number of sulfonamides is 1. The average Bonchev–Trinajstić information content (AvgIpc) is 3.45. The van der Waals surface area contributed by atoms with Gasteiger partial charge >= 0.3 is 5.97 Å². The van der Waals surface area contributed by atoms with Gasteiger partial charge in [0.15, 0.2) is 0 Å². The van der Waals surface area contributed by atoms with E-state index in [9.17, 15) is 18.3 Å². The summed E-state index contributed by atoms with van der Waals surface area (Å²) in [5, 5.41) is 15.4. The molecule has 3 N–H and O–H groups in total. The van der Waals surface area contributed by atoms with E-state index in [0.717, 1.165) is 43.5 Å². The van der Waals surface area contributed by atoms with Gasteiger partial charge in [0.2, 0.25) is 0 Å². The van der Waals surface area contributed by atoms with Crippen molar-refractivity contribution in [2.75, 3.05) is 37.5 Å². The predicted octanol–water partition coefficient (Wildman–Crippen LogP) is 6.70. The third-order valence-corrected chi connectivity index (χ3v) is 9.62. The maximum absolute atomic E-state index is 12.8. The highest BCUT2D eigenvalue weighted by Crippen LogP contribution is 2.23. The fraction of sp³-hybridized carbons (Fsp3) is 0.447. The molecule has 1 heterocycles. The van der Waals surface area contributed by atoms with Crippen molar-refractivity contribution in [3.05, 3.63) is 96.2 Å². The number of fused-ring (bicyclic) bond motifs is 1. The lowest BCUT2D eigenvalue weighted by Crippen LogP contribution is -2.42. The van der Waals surface area contributed by atoms with Crippen LogP contribution in [0.25, 0.3) is 10.9 Å². The first kappa shape index (κ1) is 37.1. The lowest BCUT2D eigenvalue weighted by molar-refractivity contribution is 0.0450. The first-order valence-corrected chi connectivity index (χ1v) is 18.3. The van der Waals surface area contributed by atoms with Gasteiger partial charge in [0.05, 0.1) is 16.6 Å². The van der Waals surface area contributed by atoms with Crippen molar-refractivity contribution in [3.8, 4) is 0 Å². The van der Waals surface area contributed by atoms with Crippen LogP contribution in [0.4, 0.5) is 5.69 Å². The van der Waals surface area contributed by atoms with Crippen molar-refractivity contribution < 1.29 is 23.1 Å². The van der Waals surface area contributed by atoms with Crippen molar-refractivity contribution in [1.29, 1.82) is 0 Å². The SMILES string of the molecule is CC(C)CN(CCOC(=O)c1ccc2c(ccn2CCC(C)(C)NC[C@H](O)c2cccc(NS(=O)(=O)c3ccccc3)c2)c1)CC(C)C. The summed E-state index contributed by atoms with van der Waals surface area (Å²) < 4.78 is 35.9. The van der Waals surface area contributed by atoms with E-state index < -0.39 is 16.1 Å². The standard InChI is InChI=1S/C38H52N4O5S/c1-28(2)26-41(27-29(3)4)21-22-47-37(44)32-15-16-35-30(23-32)17-19-42(35)20-18-38(5,6)39-25-36(43)31-11-10-12-33(24-31)40-48(45,46)34-13-8-7-9-14-34/h7-17,19,23-24,28-29,36,39-40,43H,18,20-22,25-27H2,1-6H3/t36-/m0/s1. The summed E-state index contributed by atoms with van der Waals surface area (Å²) >= 11 is 0. The number of ether oxygens (including phenoxy) is 1. The van der Waals surface area contributed by atoms with Crippen LogP contribution < -0.4 is 10.0 Å². The molecule has 0 saturated heterocycles. The molecule has 4 aromatic rings. The Morgan fingerprint density at radius 3 is 2.33 bits per heavy atom. The molecule has 0 bridgehead atoms. The minimum atomic E-state index is -3.73. The Bertz CT molecular complexity index is 1720. The van der Waals surface area contributed by atoms with Gasteiger partial charge in [0.25, 0.3) is 10.0 Å². The fourth-order valence-electron chi connectivity index (χ4n) is 5.77. The second-order valence-electron chi connectivity index (χ2n) is 14.0. The zero-order chi connectivity index (χ0) is 34.9. The number of β-amino-alcohol motifs (C(OH)–C–C–N with tert-alkyl or cyclic N) is 1. The number of carbonyl (C=O) groups is 1. The van der Waals surface area contributed by atoms with Crippen molar-refractivity contribution >= 4 is 32.6 Å². The van der Waals surface area contributed by atoms with Crippen molar-refractivity contribution in [2.45, 2.75) is 71.0 Å². The number of benzene rings is 3. The van der Waals surface area contributed by atoms with Gasteiger partial charge in [-0.15, -0.1) is 0 Å². The van der Waals surface area contributed by atoms with E-state index >= 15 is 0 Å². The number of carbonyl (C=O) groups excluding carboxylic acids is 1. The molecule has 3 aromatic carbocycles. The van der Waals surface area contributed by atoms with Gasteiger partial charge in [-0.1, -0.05) is 58.0 Å². The number of hydrogen-bond donors (Lipinski definition) is 3. The maximum Gasteiger partial charge on any atom is 0.338 e. The molecular formula is C38H52N4O5S.